The van der Waals surface area contributed by atoms with Gasteiger partial charge in [-0.3, -0.25) is 0 Å². The zero-order valence-corrected chi connectivity index (χ0v) is 6.74. The molecule has 1 rings (SSSR count). The third kappa shape index (κ3) is 1.95. The van der Waals surface area contributed by atoms with E-state index in [1.165, 1.54) is 0 Å². The number of imidazole rings is 1. The second kappa shape index (κ2) is 3.51. The van der Waals surface area contributed by atoms with Crippen LogP contribution in [0.3, 0.4) is 0 Å². The number of hydrogen-bond acceptors (Lipinski definition) is 3. The minimum Gasteiger partial charge on any atom is -0.369 e. The van der Waals surface area contributed by atoms with Gasteiger partial charge < -0.3 is 10.7 Å². The molecular formula is C6H11N3S. The summed E-state index contributed by atoms with van der Waals surface area (Å²) in [5.41, 5.74) is 6.49. The molecule has 1 heterocycles. The first-order valence-corrected chi connectivity index (χ1v) is 4.50. The van der Waals surface area contributed by atoms with Crippen LogP contribution in [0.1, 0.15) is 5.69 Å². The van der Waals surface area contributed by atoms with Gasteiger partial charge in [0, 0.05) is 5.69 Å². The molecule has 0 amide bonds. The number of aromatic nitrogens is 2. The predicted molar refractivity (Wildman–Crippen MR) is 45.1 cm³/mol. The van der Waals surface area contributed by atoms with Crippen molar-refractivity contribution in [2.24, 2.45) is 0 Å². The summed E-state index contributed by atoms with van der Waals surface area (Å²) in [6, 6.07) is 0. The molecule has 0 bridgehead atoms. The quantitative estimate of drug-likeness (QED) is 0.685. The van der Waals surface area contributed by atoms with Crippen LogP contribution in [0.25, 0.3) is 0 Å². The topological polar surface area (TPSA) is 54.7 Å². The van der Waals surface area contributed by atoms with Gasteiger partial charge in [0.1, 0.15) is 0 Å². The van der Waals surface area contributed by atoms with Crippen molar-refractivity contribution in [2.75, 3.05) is 17.7 Å². The molecule has 3 nitrogen and oxygen atoms in total. The highest BCUT2D eigenvalue weighted by atomic mass is 32.2. The lowest BCUT2D eigenvalue weighted by Crippen LogP contribution is -1.89. The van der Waals surface area contributed by atoms with E-state index in [1.54, 1.807) is 6.20 Å². The molecule has 56 valence electrons. The molecule has 0 aliphatic carbocycles. The van der Waals surface area contributed by atoms with Gasteiger partial charge in [-0.25, -0.2) is 4.98 Å². The van der Waals surface area contributed by atoms with Crippen LogP contribution < -0.4 is 5.73 Å². The molecule has 0 aliphatic heterocycles. The molecule has 0 radical (unpaired) electrons. The zero-order chi connectivity index (χ0) is 7.40. The van der Waals surface area contributed by atoms with E-state index in [2.05, 4.69) is 16.2 Å². The Hall–Kier alpha value is -0.640. The van der Waals surface area contributed by atoms with Crippen molar-refractivity contribution in [3.8, 4) is 0 Å². The second-order valence-electron chi connectivity index (χ2n) is 2.04. The summed E-state index contributed by atoms with van der Waals surface area (Å²) >= 11 is 1.82. The molecule has 4 heteroatoms. The number of anilines is 1. The van der Waals surface area contributed by atoms with Crippen LogP contribution in [-0.4, -0.2) is 22.0 Å². The van der Waals surface area contributed by atoms with E-state index >= 15 is 0 Å². The lowest BCUT2D eigenvalue weighted by molar-refractivity contribution is 1.08. The fourth-order valence-corrected chi connectivity index (χ4v) is 1.14. The monoisotopic (exact) mass is 157 g/mol. The molecule has 0 aliphatic rings. The highest BCUT2D eigenvalue weighted by Gasteiger charge is 1.94. The highest BCUT2D eigenvalue weighted by molar-refractivity contribution is 7.98. The van der Waals surface area contributed by atoms with Crippen LogP contribution in [0.15, 0.2) is 6.20 Å². The molecule has 1 aromatic rings. The van der Waals surface area contributed by atoms with Gasteiger partial charge in [0.2, 0.25) is 0 Å². The number of rotatable bonds is 3. The molecule has 0 saturated carbocycles. The van der Waals surface area contributed by atoms with Crippen LogP contribution in [0, 0.1) is 0 Å². The average Bonchev–Trinajstić information content (AvgIpc) is 2.31. The molecule has 0 aromatic carbocycles. The van der Waals surface area contributed by atoms with E-state index in [-0.39, 0.29) is 0 Å². The lowest BCUT2D eigenvalue weighted by atomic mass is 10.4. The smallest absolute Gasteiger partial charge is 0.197 e. The van der Waals surface area contributed by atoms with Gasteiger partial charge in [-0.2, -0.15) is 11.8 Å². The third-order valence-electron chi connectivity index (χ3n) is 1.22. The van der Waals surface area contributed by atoms with Crippen molar-refractivity contribution in [3.63, 3.8) is 0 Å². The van der Waals surface area contributed by atoms with Crippen LogP contribution in [0.5, 0.6) is 0 Å². The van der Waals surface area contributed by atoms with Crippen molar-refractivity contribution in [1.29, 1.82) is 0 Å². The van der Waals surface area contributed by atoms with Gasteiger partial charge in [-0.05, 0) is 18.4 Å². The first kappa shape index (κ1) is 7.47. The van der Waals surface area contributed by atoms with E-state index in [9.17, 15) is 0 Å². The molecular weight excluding hydrogens is 146 g/mol. The van der Waals surface area contributed by atoms with E-state index in [1.807, 2.05) is 11.8 Å². The number of aromatic amines is 1. The Labute approximate surface area is 64.4 Å². The fraction of sp³-hybridized carbons (Fsp3) is 0.500. The molecule has 3 N–H and O–H groups in total. The van der Waals surface area contributed by atoms with Gasteiger partial charge in [0.25, 0.3) is 0 Å². The van der Waals surface area contributed by atoms with Gasteiger partial charge in [0.05, 0.1) is 6.20 Å². The van der Waals surface area contributed by atoms with Gasteiger partial charge in [-0.15, -0.1) is 0 Å². The number of nitrogens with two attached hydrogens (primary N) is 1. The van der Waals surface area contributed by atoms with E-state index in [4.69, 9.17) is 5.73 Å². The lowest BCUT2D eigenvalue weighted by Gasteiger charge is -1.91. The first-order valence-electron chi connectivity index (χ1n) is 3.11. The van der Waals surface area contributed by atoms with Gasteiger partial charge in [0.15, 0.2) is 5.95 Å². The molecule has 0 spiro atoms. The number of nitrogens with zero attached hydrogens (tertiary/aromatic N) is 1. The van der Waals surface area contributed by atoms with Crippen molar-refractivity contribution in [1.82, 2.24) is 9.97 Å². The number of H-pyrrole nitrogens is 1. The van der Waals surface area contributed by atoms with Crippen molar-refractivity contribution in [3.05, 3.63) is 11.9 Å². The van der Waals surface area contributed by atoms with Gasteiger partial charge >= 0.3 is 0 Å². The largest absolute Gasteiger partial charge is 0.369 e. The predicted octanol–water partition coefficient (Wildman–Crippen LogP) is 0.897. The summed E-state index contributed by atoms with van der Waals surface area (Å²) in [6.45, 7) is 0. The van der Waals surface area contributed by atoms with Crippen molar-refractivity contribution < 1.29 is 0 Å². The van der Waals surface area contributed by atoms with Gasteiger partial charge in [-0.1, -0.05) is 0 Å². The zero-order valence-electron chi connectivity index (χ0n) is 5.92. The molecule has 1 aromatic heterocycles. The maximum absolute atomic E-state index is 5.38. The SMILES string of the molecule is CSCCc1cnc(N)[nH]1. The maximum atomic E-state index is 5.38. The Balaban J connectivity index is 2.42. The Kier molecular flexibility index (Phi) is 2.62. The Morgan fingerprint density at radius 2 is 2.60 bits per heavy atom. The van der Waals surface area contributed by atoms with Crippen LogP contribution >= 0.6 is 11.8 Å². The molecule has 0 unspecified atom stereocenters. The molecule has 10 heavy (non-hydrogen) atoms. The molecule has 0 atom stereocenters. The molecule has 0 fully saturated rings. The Morgan fingerprint density at radius 3 is 3.10 bits per heavy atom. The van der Waals surface area contributed by atoms with Crippen molar-refractivity contribution >= 4 is 17.7 Å². The summed E-state index contributed by atoms with van der Waals surface area (Å²) in [4.78, 5) is 6.85. The van der Waals surface area contributed by atoms with E-state index < -0.39 is 0 Å². The second-order valence-corrected chi connectivity index (χ2v) is 3.02. The minimum atomic E-state index is 0.510. The van der Waals surface area contributed by atoms with E-state index in [0.717, 1.165) is 17.9 Å². The number of nitrogens with one attached hydrogen (secondary N) is 1. The standard InChI is InChI=1S/C6H11N3S/c1-10-3-2-5-4-8-6(7)9-5/h4H,2-3H2,1H3,(H3,7,8,9). The maximum Gasteiger partial charge on any atom is 0.197 e. The molecule has 0 saturated heterocycles. The normalized spacial score (nSPS) is 10.1. The summed E-state index contributed by atoms with van der Waals surface area (Å²) in [5.74, 6) is 1.62. The summed E-state index contributed by atoms with van der Waals surface area (Å²) < 4.78 is 0. The van der Waals surface area contributed by atoms with Crippen LogP contribution in [-0.2, 0) is 6.42 Å². The summed E-state index contributed by atoms with van der Waals surface area (Å²) in [6.07, 6.45) is 4.89. The van der Waals surface area contributed by atoms with E-state index in [0.29, 0.717) is 5.95 Å². The average molecular weight is 157 g/mol. The number of thioether (sulfide) groups is 1. The summed E-state index contributed by atoms with van der Waals surface area (Å²) in [7, 11) is 0. The third-order valence-corrected chi connectivity index (χ3v) is 1.84. The van der Waals surface area contributed by atoms with Crippen LogP contribution in [0.2, 0.25) is 0 Å². The number of aryl methyl sites for hydroxylation is 1. The minimum absolute atomic E-state index is 0.510. The summed E-state index contributed by atoms with van der Waals surface area (Å²) in [5, 5.41) is 0. The Bertz CT molecular complexity index is 197. The first-order chi connectivity index (χ1) is 4.83. The Morgan fingerprint density at radius 1 is 1.80 bits per heavy atom. The highest BCUT2D eigenvalue weighted by Crippen LogP contribution is 2.02. The fourth-order valence-electron chi connectivity index (χ4n) is 0.716. The van der Waals surface area contributed by atoms with Crippen LogP contribution in [0.4, 0.5) is 5.95 Å². The van der Waals surface area contributed by atoms with Crippen molar-refractivity contribution in [2.45, 2.75) is 6.42 Å². The number of nitrogen functional groups attached to an aromatic ring is 1. The number of hydrogen-bond donors (Lipinski definition) is 2.